The maximum Gasteiger partial charge on any atom is 0.243 e. The summed E-state index contributed by atoms with van der Waals surface area (Å²) in [6.07, 6.45) is 1.38. The van der Waals surface area contributed by atoms with E-state index in [9.17, 15) is 8.42 Å². The summed E-state index contributed by atoms with van der Waals surface area (Å²) in [5, 5.41) is 5.52. The molecule has 0 saturated heterocycles. The van der Waals surface area contributed by atoms with E-state index in [4.69, 9.17) is 33.1 Å². The van der Waals surface area contributed by atoms with E-state index in [1.165, 1.54) is 24.4 Å². The molecule has 0 fully saturated rings. The van der Waals surface area contributed by atoms with Crippen molar-refractivity contribution in [3.8, 4) is 11.6 Å². The largest absolute Gasteiger partial charge is 0.436 e. The molecule has 0 spiro atoms. The van der Waals surface area contributed by atoms with Gasteiger partial charge in [0, 0.05) is 6.20 Å². The number of sulfonamides is 1. The van der Waals surface area contributed by atoms with Gasteiger partial charge in [0.1, 0.15) is 15.7 Å². The Labute approximate surface area is 120 Å². The molecular formula is C11H8Cl2N2O3S. The standard InChI is InChI=1S/C11H8Cl2N2O3S/c12-7-3-1-4-8(10(7)13)18-11-9(19(14,16)17)5-2-6-15-11/h1-6H,(H2,14,16,17). The number of ether oxygens (including phenoxy) is 1. The number of aromatic nitrogens is 1. The van der Waals surface area contributed by atoms with Crippen molar-refractivity contribution in [2.75, 3.05) is 0 Å². The second-order valence-corrected chi connectivity index (χ2v) is 5.82. The molecule has 0 atom stereocenters. The Morgan fingerprint density at radius 2 is 1.89 bits per heavy atom. The molecule has 2 aromatic rings. The van der Waals surface area contributed by atoms with E-state index in [1.807, 2.05) is 0 Å². The highest BCUT2D eigenvalue weighted by Gasteiger charge is 2.17. The van der Waals surface area contributed by atoms with Gasteiger partial charge in [-0.25, -0.2) is 18.5 Å². The van der Waals surface area contributed by atoms with Crippen molar-refractivity contribution in [3.63, 3.8) is 0 Å². The fourth-order valence-electron chi connectivity index (χ4n) is 1.34. The summed E-state index contributed by atoms with van der Waals surface area (Å²) in [7, 11) is -3.94. The number of rotatable bonds is 3. The van der Waals surface area contributed by atoms with E-state index in [1.54, 1.807) is 12.1 Å². The van der Waals surface area contributed by atoms with Crippen molar-refractivity contribution < 1.29 is 13.2 Å². The van der Waals surface area contributed by atoms with Crippen LogP contribution in [-0.2, 0) is 10.0 Å². The number of pyridine rings is 1. The Kier molecular flexibility index (Phi) is 3.96. The lowest BCUT2D eigenvalue weighted by atomic mass is 10.3. The maximum atomic E-state index is 11.4. The van der Waals surface area contributed by atoms with Gasteiger partial charge in [0.25, 0.3) is 0 Å². The molecular weight excluding hydrogens is 311 g/mol. The molecule has 8 heteroatoms. The van der Waals surface area contributed by atoms with E-state index in [2.05, 4.69) is 4.98 Å². The molecule has 1 aromatic heterocycles. The van der Waals surface area contributed by atoms with Gasteiger partial charge < -0.3 is 4.74 Å². The van der Waals surface area contributed by atoms with Crippen molar-refractivity contribution in [2.45, 2.75) is 4.90 Å². The first kappa shape index (κ1) is 14.1. The predicted molar refractivity (Wildman–Crippen MR) is 72.1 cm³/mol. The Balaban J connectivity index is 2.48. The fourth-order valence-corrected chi connectivity index (χ4v) is 2.27. The molecule has 1 heterocycles. The lowest BCUT2D eigenvalue weighted by molar-refractivity contribution is 0.447. The van der Waals surface area contributed by atoms with Gasteiger partial charge in [0.05, 0.1) is 5.02 Å². The van der Waals surface area contributed by atoms with E-state index in [-0.39, 0.29) is 26.6 Å². The number of halogens is 2. The Bertz CT molecular complexity index is 720. The third kappa shape index (κ3) is 3.16. The molecule has 0 aliphatic carbocycles. The molecule has 0 aliphatic rings. The molecule has 0 saturated carbocycles. The van der Waals surface area contributed by atoms with Gasteiger partial charge in [-0.1, -0.05) is 29.3 Å². The van der Waals surface area contributed by atoms with Crippen LogP contribution in [0.1, 0.15) is 0 Å². The van der Waals surface area contributed by atoms with Crippen LogP contribution in [0, 0.1) is 0 Å². The van der Waals surface area contributed by atoms with Crippen LogP contribution in [0.2, 0.25) is 10.0 Å². The van der Waals surface area contributed by atoms with Crippen LogP contribution in [0.15, 0.2) is 41.4 Å². The summed E-state index contributed by atoms with van der Waals surface area (Å²) in [5.74, 6) is 0.0342. The zero-order valence-corrected chi connectivity index (χ0v) is 11.7. The van der Waals surface area contributed by atoms with Crippen LogP contribution < -0.4 is 9.88 Å². The lowest BCUT2D eigenvalue weighted by Crippen LogP contribution is -2.13. The van der Waals surface area contributed by atoms with Crippen molar-refractivity contribution in [1.82, 2.24) is 4.98 Å². The molecule has 1 aromatic carbocycles. The summed E-state index contributed by atoms with van der Waals surface area (Å²) in [5.41, 5.74) is 0. The first-order valence-corrected chi connectivity index (χ1v) is 7.29. The Hall–Kier alpha value is -1.34. The Morgan fingerprint density at radius 1 is 1.16 bits per heavy atom. The minimum Gasteiger partial charge on any atom is -0.436 e. The number of nitrogens with two attached hydrogens (primary N) is 1. The van der Waals surface area contributed by atoms with Gasteiger partial charge in [-0.05, 0) is 24.3 Å². The van der Waals surface area contributed by atoms with E-state index < -0.39 is 10.0 Å². The molecule has 19 heavy (non-hydrogen) atoms. The second-order valence-electron chi connectivity index (χ2n) is 3.51. The predicted octanol–water partition coefficient (Wildman–Crippen LogP) is 2.83. The molecule has 100 valence electrons. The molecule has 5 nitrogen and oxygen atoms in total. The average molecular weight is 319 g/mol. The second kappa shape index (κ2) is 5.34. The monoisotopic (exact) mass is 318 g/mol. The minimum atomic E-state index is -3.94. The van der Waals surface area contributed by atoms with Gasteiger partial charge in [-0.3, -0.25) is 0 Å². The molecule has 0 radical (unpaired) electrons. The van der Waals surface area contributed by atoms with Crippen LogP contribution in [0.5, 0.6) is 11.6 Å². The summed E-state index contributed by atoms with van der Waals surface area (Å²) in [4.78, 5) is 3.60. The highest BCUT2D eigenvalue weighted by molar-refractivity contribution is 7.89. The number of primary sulfonamides is 1. The van der Waals surface area contributed by atoms with Gasteiger partial charge in [0.2, 0.25) is 15.9 Å². The van der Waals surface area contributed by atoms with Crippen LogP contribution in [0.4, 0.5) is 0 Å². The zero-order chi connectivity index (χ0) is 14.0. The quantitative estimate of drug-likeness (QED) is 0.943. The van der Waals surface area contributed by atoms with Gasteiger partial charge in [0.15, 0.2) is 0 Å². The van der Waals surface area contributed by atoms with E-state index in [0.717, 1.165) is 0 Å². The number of nitrogens with zero attached hydrogens (tertiary/aromatic N) is 1. The summed E-state index contributed by atoms with van der Waals surface area (Å²) in [6, 6.07) is 7.46. The number of hydrogen-bond acceptors (Lipinski definition) is 4. The minimum absolute atomic E-state index is 0.158. The molecule has 2 N–H and O–H groups in total. The summed E-state index contributed by atoms with van der Waals surface area (Å²) >= 11 is 11.8. The van der Waals surface area contributed by atoms with E-state index >= 15 is 0 Å². The molecule has 0 unspecified atom stereocenters. The van der Waals surface area contributed by atoms with Crippen LogP contribution in [0.25, 0.3) is 0 Å². The summed E-state index contributed by atoms with van der Waals surface area (Å²) < 4.78 is 28.1. The van der Waals surface area contributed by atoms with Gasteiger partial charge in [-0.15, -0.1) is 0 Å². The van der Waals surface area contributed by atoms with Gasteiger partial charge >= 0.3 is 0 Å². The number of benzene rings is 1. The smallest absolute Gasteiger partial charge is 0.243 e. The highest BCUT2D eigenvalue weighted by Crippen LogP contribution is 2.35. The topological polar surface area (TPSA) is 82.3 Å². The van der Waals surface area contributed by atoms with E-state index in [0.29, 0.717) is 0 Å². The van der Waals surface area contributed by atoms with Crippen molar-refractivity contribution in [3.05, 3.63) is 46.6 Å². The van der Waals surface area contributed by atoms with Crippen LogP contribution >= 0.6 is 23.2 Å². The van der Waals surface area contributed by atoms with Gasteiger partial charge in [-0.2, -0.15) is 0 Å². The highest BCUT2D eigenvalue weighted by atomic mass is 35.5. The van der Waals surface area contributed by atoms with Crippen LogP contribution in [0.3, 0.4) is 0 Å². The average Bonchev–Trinajstić information content (AvgIpc) is 2.34. The van der Waals surface area contributed by atoms with Crippen molar-refractivity contribution >= 4 is 33.2 Å². The zero-order valence-electron chi connectivity index (χ0n) is 9.38. The SMILES string of the molecule is NS(=O)(=O)c1cccnc1Oc1cccc(Cl)c1Cl. The normalized spacial score (nSPS) is 11.3. The summed E-state index contributed by atoms with van der Waals surface area (Å²) in [6.45, 7) is 0. The lowest BCUT2D eigenvalue weighted by Gasteiger charge is -2.10. The van der Waals surface area contributed by atoms with Crippen LogP contribution in [-0.4, -0.2) is 13.4 Å². The fraction of sp³-hybridized carbons (Fsp3) is 0. The molecule has 2 rings (SSSR count). The molecule has 0 amide bonds. The first-order chi connectivity index (χ1) is 8.89. The first-order valence-electron chi connectivity index (χ1n) is 4.99. The van der Waals surface area contributed by atoms with Crippen molar-refractivity contribution in [2.24, 2.45) is 5.14 Å². The Morgan fingerprint density at radius 3 is 2.58 bits per heavy atom. The third-order valence-corrected chi connectivity index (χ3v) is 3.89. The third-order valence-electron chi connectivity index (χ3n) is 2.17. The number of hydrogen-bond donors (Lipinski definition) is 1. The molecule has 0 bridgehead atoms. The van der Waals surface area contributed by atoms with Crippen molar-refractivity contribution in [1.29, 1.82) is 0 Å². The maximum absolute atomic E-state index is 11.4. The molecule has 0 aliphatic heterocycles.